The Balaban J connectivity index is 1.81. The topological polar surface area (TPSA) is 92.9 Å². The first-order chi connectivity index (χ1) is 10.3. The van der Waals surface area contributed by atoms with Crippen LogP contribution in [0.2, 0.25) is 0 Å². The number of amides is 1. The average Bonchev–Trinajstić information content (AvgIpc) is 2.99. The van der Waals surface area contributed by atoms with E-state index in [1.54, 1.807) is 0 Å². The number of nitrogens with zero attached hydrogens (tertiary/aromatic N) is 4. The highest BCUT2D eigenvalue weighted by Crippen LogP contribution is 2.03. The van der Waals surface area contributed by atoms with Gasteiger partial charge < -0.3 is 10.4 Å². The van der Waals surface area contributed by atoms with Gasteiger partial charge in [0.05, 0.1) is 6.61 Å². The molecule has 0 spiro atoms. The maximum Gasteiger partial charge on any atom is 0.242 e. The number of rotatable bonds is 5. The molecule has 0 fully saturated rings. The van der Waals surface area contributed by atoms with E-state index < -0.39 is 0 Å². The molecule has 108 valence electrons. The zero-order valence-corrected chi connectivity index (χ0v) is 11.4. The molecule has 1 heterocycles. The SMILES string of the molecule is O=C(Cn1cnnn1)NCc1ccc(C#CCCO)cc1. The molecule has 0 atom stereocenters. The number of aliphatic hydroxyl groups excluding tert-OH is 1. The third-order valence-corrected chi connectivity index (χ3v) is 2.61. The number of carbonyl (C=O) groups is 1. The first-order valence-corrected chi connectivity index (χ1v) is 6.44. The van der Waals surface area contributed by atoms with Crippen molar-refractivity contribution in [2.24, 2.45) is 0 Å². The van der Waals surface area contributed by atoms with Crippen molar-refractivity contribution < 1.29 is 9.90 Å². The van der Waals surface area contributed by atoms with Crippen LogP contribution < -0.4 is 5.32 Å². The number of hydrogen-bond donors (Lipinski definition) is 2. The molecule has 21 heavy (non-hydrogen) atoms. The smallest absolute Gasteiger partial charge is 0.242 e. The summed E-state index contributed by atoms with van der Waals surface area (Å²) in [5.41, 5.74) is 1.86. The quantitative estimate of drug-likeness (QED) is 0.737. The second kappa shape index (κ2) is 7.77. The third kappa shape index (κ3) is 5.04. The third-order valence-electron chi connectivity index (χ3n) is 2.61. The number of nitrogens with one attached hydrogen (secondary N) is 1. The van der Waals surface area contributed by atoms with Crippen LogP contribution in [-0.4, -0.2) is 37.8 Å². The van der Waals surface area contributed by atoms with E-state index >= 15 is 0 Å². The number of aliphatic hydroxyl groups is 1. The number of tetrazole rings is 1. The molecular formula is C14H15N5O2. The Kier molecular flexibility index (Phi) is 5.43. The van der Waals surface area contributed by atoms with Gasteiger partial charge in [-0.05, 0) is 28.1 Å². The molecule has 1 aromatic carbocycles. The standard InChI is InChI=1S/C14H15N5O2/c20-8-2-1-3-12-4-6-13(7-5-12)9-15-14(21)10-19-11-16-17-18-19/h4-7,11,20H,2,8-10H2,(H,15,21). The Morgan fingerprint density at radius 3 is 2.81 bits per heavy atom. The minimum Gasteiger partial charge on any atom is -0.395 e. The van der Waals surface area contributed by atoms with E-state index in [1.807, 2.05) is 24.3 Å². The van der Waals surface area contributed by atoms with Gasteiger partial charge in [-0.25, -0.2) is 4.68 Å². The molecule has 0 aliphatic rings. The molecule has 2 aromatic rings. The van der Waals surface area contributed by atoms with E-state index in [0.717, 1.165) is 11.1 Å². The highest BCUT2D eigenvalue weighted by molar-refractivity contribution is 5.75. The fraction of sp³-hybridized carbons (Fsp3) is 0.286. The maximum absolute atomic E-state index is 11.7. The van der Waals surface area contributed by atoms with Crippen LogP contribution in [0, 0.1) is 11.8 Å². The lowest BCUT2D eigenvalue weighted by molar-refractivity contribution is -0.122. The predicted molar refractivity (Wildman–Crippen MR) is 74.7 cm³/mol. The lowest BCUT2D eigenvalue weighted by atomic mass is 10.1. The molecule has 1 aromatic heterocycles. The molecule has 2 N–H and O–H groups in total. The van der Waals surface area contributed by atoms with Gasteiger partial charge in [0.1, 0.15) is 12.9 Å². The predicted octanol–water partition coefficient (Wildman–Crippen LogP) is -0.277. The monoisotopic (exact) mass is 285 g/mol. The van der Waals surface area contributed by atoms with Gasteiger partial charge in [-0.15, -0.1) is 5.10 Å². The van der Waals surface area contributed by atoms with Crippen molar-refractivity contribution >= 4 is 5.91 Å². The molecule has 0 saturated carbocycles. The summed E-state index contributed by atoms with van der Waals surface area (Å²) in [5, 5.41) is 22.0. The summed E-state index contributed by atoms with van der Waals surface area (Å²) in [5.74, 6) is 5.64. The summed E-state index contributed by atoms with van der Waals surface area (Å²) >= 11 is 0. The van der Waals surface area contributed by atoms with Crippen LogP contribution in [0.1, 0.15) is 17.5 Å². The number of carbonyl (C=O) groups excluding carboxylic acids is 1. The first kappa shape index (κ1) is 14.7. The van der Waals surface area contributed by atoms with E-state index in [9.17, 15) is 4.79 Å². The van der Waals surface area contributed by atoms with E-state index in [2.05, 4.69) is 32.7 Å². The lowest BCUT2D eigenvalue weighted by Gasteiger charge is -2.05. The molecule has 0 unspecified atom stereocenters. The lowest BCUT2D eigenvalue weighted by Crippen LogP contribution is -2.27. The van der Waals surface area contributed by atoms with Crippen molar-refractivity contribution in [3.63, 3.8) is 0 Å². The van der Waals surface area contributed by atoms with Crippen molar-refractivity contribution in [3.8, 4) is 11.8 Å². The van der Waals surface area contributed by atoms with Crippen molar-refractivity contribution in [2.45, 2.75) is 19.5 Å². The molecule has 0 aliphatic carbocycles. The minimum atomic E-state index is -0.158. The van der Waals surface area contributed by atoms with Gasteiger partial charge in [-0.2, -0.15) is 0 Å². The van der Waals surface area contributed by atoms with Gasteiger partial charge in [0.25, 0.3) is 0 Å². The van der Waals surface area contributed by atoms with Crippen LogP contribution in [0.3, 0.4) is 0 Å². The van der Waals surface area contributed by atoms with Crippen LogP contribution in [0.25, 0.3) is 0 Å². The van der Waals surface area contributed by atoms with E-state index in [-0.39, 0.29) is 19.1 Å². The highest BCUT2D eigenvalue weighted by Gasteiger charge is 2.03. The van der Waals surface area contributed by atoms with Crippen molar-refractivity contribution in [1.82, 2.24) is 25.5 Å². The Morgan fingerprint density at radius 1 is 1.33 bits per heavy atom. The second-order valence-electron chi connectivity index (χ2n) is 4.26. The molecule has 7 heteroatoms. The van der Waals surface area contributed by atoms with Crippen LogP contribution in [-0.2, 0) is 17.9 Å². The molecule has 2 rings (SSSR count). The Labute approximate surface area is 122 Å². The summed E-state index contributed by atoms with van der Waals surface area (Å²) in [6.07, 6.45) is 1.86. The Bertz CT molecular complexity index is 626. The summed E-state index contributed by atoms with van der Waals surface area (Å²) in [4.78, 5) is 11.7. The van der Waals surface area contributed by atoms with Gasteiger partial charge in [0.2, 0.25) is 5.91 Å². The molecular weight excluding hydrogens is 270 g/mol. The zero-order chi connectivity index (χ0) is 14.9. The summed E-state index contributed by atoms with van der Waals surface area (Å²) in [7, 11) is 0. The van der Waals surface area contributed by atoms with E-state index in [4.69, 9.17) is 5.11 Å². The van der Waals surface area contributed by atoms with E-state index in [0.29, 0.717) is 13.0 Å². The molecule has 0 radical (unpaired) electrons. The molecule has 0 aliphatic heterocycles. The van der Waals surface area contributed by atoms with Gasteiger partial charge in [0.15, 0.2) is 0 Å². The molecule has 0 bridgehead atoms. The van der Waals surface area contributed by atoms with Gasteiger partial charge in [0, 0.05) is 18.5 Å². The van der Waals surface area contributed by atoms with Crippen molar-refractivity contribution in [2.75, 3.05) is 6.61 Å². The Morgan fingerprint density at radius 2 is 2.14 bits per heavy atom. The summed E-state index contributed by atoms with van der Waals surface area (Å²) in [6.45, 7) is 0.599. The highest BCUT2D eigenvalue weighted by atomic mass is 16.2. The van der Waals surface area contributed by atoms with Gasteiger partial charge >= 0.3 is 0 Å². The van der Waals surface area contributed by atoms with E-state index in [1.165, 1.54) is 11.0 Å². The number of hydrogen-bond acceptors (Lipinski definition) is 5. The van der Waals surface area contributed by atoms with Crippen molar-refractivity contribution in [1.29, 1.82) is 0 Å². The normalized spacial score (nSPS) is 9.76. The van der Waals surface area contributed by atoms with Crippen LogP contribution in [0.4, 0.5) is 0 Å². The average molecular weight is 285 g/mol. The van der Waals surface area contributed by atoms with Crippen molar-refractivity contribution in [3.05, 3.63) is 41.7 Å². The largest absolute Gasteiger partial charge is 0.395 e. The van der Waals surface area contributed by atoms with Crippen LogP contribution >= 0.6 is 0 Å². The second-order valence-corrected chi connectivity index (χ2v) is 4.26. The first-order valence-electron chi connectivity index (χ1n) is 6.44. The minimum absolute atomic E-state index is 0.0679. The fourth-order valence-corrected chi connectivity index (χ4v) is 1.58. The Hall–Kier alpha value is -2.72. The summed E-state index contributed by atoms with van der Waals surface area (Å²) < 4.78 is 1.36. The maximum atomic E-state index is 11.7. The number of benzene rings is 1. The van der Waals surface area contributed by atoms with Crippen LogP contribution in [0.15, 0.2) is 30.6 Å². The molecule has 1 amide bonds. The van der Waals surface area contributed by atoms with Gasteiger partial charge in [-0.1, -0.05) is 24.0 Å². The van der Waals surface area contributed by atoms with Gasteiger partial charge in [-0.3, -0.25) is 4.79 Å². The zero-order valence-electron chi connectivity index (χ0n) is 11.4. The fourth-order valence-electron chi connectivity index (χ4n) is 1.58. The van der Waals surface area contributed by atoms with Crippen LogP contribution in [0.5, 0.6) is 0 Å². The summed E-state index contributed by atoms with van der Waals surface area (Å²) in [6, 6.07) is 7.57. The number of aromatic nitrogens is 4. The molecule has 7 nitrogen and oxygen atoms in total. The molecule has 0 saturated heterocycles.